The van der Waals surface area contributed by atoms with Gasteiger partial charge in [-0.1, -0.05) is 116 Å². The van der Waals surface area contributed by atoms with Crippen molar-refractivity contribution >= 4 is 33.5 Å². The summed E-state index contributed by atoms with van der Waals surface area (Å²) in [5.74, 6) is 6.29. The molecule has 32 heavy (non-hydrogen) atoms. The van der Waals surface area contributed by atoms with Gasteiger partial charge in [0.25, 0.3) is 0 Å². The summed E-state index contributed by atoms with van der Waals surface area (Å²) < 4.78 is 5.60. The maximum absolute atomic E-state index is 12.8. The average molecular weight is 489 g/mol. The first kappa shape index (κ1) is 28.8. The Hall–Kier alpha value is -1.28. The van der Waals surface area contributed by atoms with E-state index in [0.29, 0.717) is 12.2 Å². The highest BCUT2D eigenvalue weighted by atomic mass is 32.1. The molecule has 0 N–H and O–H groups in total. The lowest BCUT2D eigenvalue weighted by Crippen LogP contribution is -2.16. The minimum atomic E-state index is -1.53. The zero-order valence-electron chi connectivity index (χ0n) is 21.6. The van der Waals surface area contributed by atoms with Crippen LogP contribution in [0.1, 0.15) is 91.2 Å². The van der Waals surface area contributed by atoms with Crippen LogP contribution in [0.15, 0.2) is 6.07 Å². The summed E-state index contributed by atoms with van der Waals surface area (Å²) in [7, 11) is -3.00. The second kappa shape index (κ2) is 14.8. The molecule has 0 aliphatic rings. The van der Waals surface area contributed by atoms with E-state index in [0.717, 1.165) is 22.6 Å². The maximum Gasteiger partial charge on any atom is 0.340 e. The van der Waals surface area contributed by atoms with Gasteiger partial charge in [0.2, 0.25) is 0 Å². The summed E-state index contributed by atoms with van der Waals surface area (Å²) in [6.45, 7) is 16.0. The molecule has 5 heteroatoms. The van der Waals surface area contributed by atoms with Crippen molar-refractivity contribution in [2.75, 3.05) is 6.61 Å². The fourth-order valence-corrected chi connectivity index (χ4v) is 5.07. The van der Waals surface area contributed by atoms with Crippen LogP contribution < -0.4 is 0 Å². The lowest BCUT2D eigenvalue weighted by atomic mass is 10.1. The molecule has 1 rings (SSSR count). The van der Waals surface area contributed by atoms with Gasteiger partial charge in [0, 0.05) is 0 Å². The van der Waals surface area contributed by atoms with Gasteiger partial charge in [-0.3, -0.25) is 0 Å². The Morgan fingerprint density at radius 3 is 1.84 bits per heavy atom. The van der Waals surface area contributed by atoms with Gasteiger partial charge in [-0.15, -0.1) is 22.4 Å². The van der Waals surface area contributed by atoms with E-state index < -0.39 is 16.1 Å². The number of unbranched alkanes of at least 4 members (excludes halogenated alkanes) is 9. The van der Waals surface area contributed by atoms with Crippen LogP contribution in [0.2, 0.25) is 39.3 Å². The Bertz CT molecular complexity index is 820. The molecule has 0 aliphatic carbocycles. The number of carbonyl (C=O) groups excluding carboxylic acids is 1. The molecular formula is C27H44O2SSi2. The number of ether oxygens (including phenoxy) is 1. The van der Waals surface area contributed by atoms with Gasteiger partial charge in [0.05, 0.1) is 21.9 Å². The Morgan fingerprint density at radius 1 is 0.812 bits per heavy atom. The number of carbonyl (C=O) groups is 1. The van der Waals surface area contributed by atoms with E-state index in [1.807, 2.05) is 6.07 Å². The predicted molar refractivity (Wildman–Crippen MR) is 147 cm³/mol. The van der Waals surface area contributed by atoms with Crippen molar-refractivity contribution in [2.24, 2.45) is 0 Å². The summed E-state index contributed by atoms with van der Waals surface area (Å²) >= 11 is 1.53. The molecule has 1 heterocycles. The predicted octanol–water partition coefficient (Wildman–Crippen LogP) is 8.28. The molecule has 0 spiro atoms. The van der Waals surface area contributed by atoms with Gasteiger partial charge >= 0.3 is 5.97 Å². The fraction of sp³-hybridized carbons (Fsp3) is 0.667. The van der Waals surface area contributed by atoms with Crippen molar-refractivity contribution in [1.82, 2.24) is 0 Å². The lowest BCUT2D eigenvalue weighted by molar-refractivity contribution is 0.0498. The van der Waals surface area contributed by atoms with Crippen molar-refractivity contribution in [3.05, 3.63) is 21.4 Å². The summed E-state index contributed by atoms with van der Waals surface area (Å²) in [4.78, 5) is 14.5. The van der Waals surface area contributed by atoms with Crippen molar-refractivity contribution in [1.29, 1.82) is 0 Å². The highest BCUT2D eigenvalue weighted by Crippen LogP contribution is 2.23. The standard InChI is InChI=1S/C27H44O2SSi2/c1-8-9-10-11-12-13-14-15-16-17-20-29-27(28)25-23-24(18-21-31(2,3)4)30-26(25)19-22-32(5,6)7/h23H,8-17,20H2,1-7H3. The van der Waals surface area contributed by atoms with Crippen molar-refractivity contribution < 1.29 is 9.53 Å². The Morgan fingerprint density at radius 2 is 1.31 bits per heavy atom. The molecule has 0 radical (unpaired) electrons. The van der Waals surface area contributed by atoms with Crippen LogP contribution in [0, 0.1) is 22.9 Å². The molecular weight excluding hydrogens is 445 g/mol. The molecule has 2 nitrogen and oxygen atoms in total. The van der Waals surface area contributed by atoms with Gasteiger partial charge in [-0.2, -0.15) is 0 Å². The lowest BCUT2D eigenvalue weighted by Gasteiger charge is -2.05. The van der Waals surface area contributed by atoms with Crippen LogP contribution in [0.4, 0.5) is 0 Å². The fourth-order valence-electron chi connectivity index (χ4n) is 3.02. The summed E-state index contributed by atoms with van der Waals surface area (Å²) in [5, 5.41) is 0. The Kier molecular flexibility index (Phi) is 13.3. The first-order valence-electron chi connectivity index (χ1n) is 12.4. The van der Waals surface area contributed by atoms with Crippen LogP contribution >= 0.6 is 11.3 Å². The van der Waals surface area contributed by atoms with E-state index in [1.54, 1.807) is 0 Å². The number of hydrogen-bond donors (Lipinski definition) is 0. The van der Waals surface area contributed by atoms with E-state index in [1.165, 1.54) is 62.7 Å². The zero-order valence-corrected chi connectivity index (χ0v) is 24.4. The largest absolute Gasteiger partial charge is 0.462 e. The van der Waals surface area contributed by atoms with Gasteiger partial charge < -0.3 is 4.74 Å². The normalized spacial score (nSPS) is 11.3. The molecule has 0 aliphatic heterocycles. The molecule has 0 fully saturated rings. The van der Waals surface area contributed by atoms with Crippen molar-refractivity contribution in [2.45, 2.75) is 110 Å². The monoisotopic (exact) mass is 488 g/mol. The van der Waals surface area contributed by atoms with Crippen molar-refractivity contribution in [3.63, 3.8) is 0 Å². The molecule has 0 amide bonds. The van der Waals surface area contributed by atoms with E-state index in [2.05, 4.69) is 69.1 Å². The number of thiophene rings is 1. The van der Waals surface area contributed by atoms with E-state index in [4.69, 9.17) is 4.74 Å². The molecule has 0 saturated heterocycles. The minimum absolute atomic E-state index is 0.252. The van der Waals surface area contributed by atoms with E-state index in [9.17, 15) is 4.79 Å². The van der Waals surface area contributed by atoms with Gasteiger partial charge in [0.1, 0.15) is 16.1 Å². The van der Waals surface area contributed by atoms with Gasteiger partial charge in [0.15, 0.2) is 0 Å². The summed E-state index contributed by atoms with van der Waals surface area (Å²) in [5.41, 5.74) is 7.36. The SMILES string of the molecule is CCCCCCCCCCCCOC(=O)c1cc(C#C[Si](C)(C)C)sc1C#C[Si](C)(C)C. The summed E-state index contributed by atoms with van der Waals surface area (Å²) in [6, 6.07) is 1.88. The maximum atomic E-state index is 12.8. The topological polar surface area (TPSA) is 26.3 Å². The molecule has 0 atom stereocenters. The molecule has 178 valence electrons. The van der Waals surface area contributed by atoms with E-state index in [-0.39, 0.29) is 5.97 Å². The molecule has 1 aromatic rings. The van der Waals surface area contributed by atoms with Gasteiger partial charge in [-0.05, 0) is 12.5 Å². The third-order valence-corrected chi connectivity index (χ3v) is 7.51. The first-order chi connectivity index (χ1) is 15.0. The molecule has 1 aromatic heterocycles. The Balaban J connectivity index is 2.56. The zero-order chi connectivity index (χ0) is 24.0. The average Bonchev–Trinajstić information content (AvgIpc) is 3.11. The first-order valence-corrected chi connectivity index (χ1v) is 20.2. The smallest absolute Gasteiger partial charge is 0.340 e. The van der Waals surface area contributed by atoms with Gasteiger partial charge in [-0.25, -0.2) is 4.79 Å². The summed E-state index contributed by atoms with van der Waals surface area (Å²) in [6.07, 6.45) is 12.7. The number of hydrogen-bond acceptors (Lipinski definition) is 3. The third-order valence-electron chi connectivity index (χ3n) is 4.79. The quantitative estimate of drug-likeness (QED) is 0.128. The second-order valence-corrected chi connectivity index (χ2v) is 21.2. The highest BCUT2D eigenvalue weighted by molar-refractivity contribution is 7.13. The molecule has 0 unspecified atom stereocenters. The third kappa shape index (κ3) is 14.0. The molecule has 0 saturated carbocycles. The highest BCUT2D eigenvalue weighted by Gasteiger charge is 2.17. The number of esters is 1. The van der Waals surface area contributed by atoms with Crippen LogP contribution in [0.5, 0.6) is 0 Å². The van der Waals surface area contributed by atoms with Crippen LogP contribution in [0.25, 0.3) is 0 Å². The molecule has 0 bridgehead atoms. The van der Waals surface area contributed by atoms with Crippen molar-refractivity contribution in [3.8, 4) is 22.9 Å². The van der Waals surface area contributed by atoms with Crippen LogP contribution in [0.3, 0.4) is 0 Å². The van der Waals surface area contributed by atoms with E-state index >= 15 is 0 Å². The minimum Gasteiger partial charge on any atom is -0.462 e. The second-order valence-electron chi connectivity index (χ2n) is 10.7. The Labute approximate surface area is 204 Å². The van der Waals surface area contributed by atoms with Crippen LogP contribution in [-0.4, -0.2) is 28.7 Å². The number of rotatable bonds is 12. The van der Waals surface area contributed by atoms with Crippen LogP contribution in [-0.2, 0) is 4.74 Å². The molecule has 0 aromatic carbocycles.